The number of benzene rings is 1. The van der Waals surface area contributed by atoms with Gasteiger partial charge < -0.3 is 0 Å². The zero-order valence-corrected chi connectivity index (χ0v) is 7.97. The minimum atomic E-state index is -0.214. The fourth-order valence-corrected chi connectivity index (χ4v) is 0.890. The molecule has 13 heavy (non-hydrogen) atoms. The van der Waals surface area contributed by atoms with E-state index >= 15 is 0 Å². The lowest BCUT2D eigenvalue weighted by atomic mass is 10.1. The van der Waals surface area contributed by atoms with Gasteiger partial charge >= 0.3 is 0 Å². The maximum Gasteiger partial charge on any atom is 0.123 e. The third-order valence-electron chi connectivity index (χ3n) is 1.59. The minimum absolute atomic E-state index is 0.214. The van der Waals surface area contributed by atoms with E-state index in [-0.39, 0.29) is 5.82 Å². The first-order valence-electron chi connectivity index (χ1n) is 4.43. The Morgan fingerprint density at radius 2 is 1.85 bits per heavy atom. The van der Waals surface area contributed by atoms with Gasteiger partial charge in [0, 0.05) is 12.0 Å². The topological polar surface area (TPSA) is 0 Å². The van der Waals surface area contributed by atoms with Crippen molar-refractivity contribution in [3.05, 3.63) is 35.6 Å². The number of halogens is 1. The van der Waals surface area contributed by atoms with Crippen LogP contribution >= 0.6 is 0 Å². The smallest absolute Gasteiger partial charge is 0.123 e. The Morgan fingerprint density at radius 1 is 1.23 bits per heavy atom. The summed E-state index contributed by atoms with van der Waals surface area (Å²) < 4.78 is 12.5. The molecule has 1 rings (SSSR count). The molecule has 0 heterocycles. The molecule has 1 heteroatoms. The molecule has 0 saturated carbocycles. The van der Waals surface area contributed by atoms with Crippen LogP contribution in [-0.4, -0.2) is 0 Å². The van der Waals surface area contributed by atoms with Crippen molar-refractivity contribution in [3.8, 4) is 11.8 Å². The highest BCUT2D eigenvalue weighted by Crippen LogP contribution is 2.01. The zero-order chi connectivity index (χ0) is 9.68. The van der Waals surface area contributed by atoms with Crippen molar-refractivity contribution >= 4 is 0 Å². The van der Waals surface area contributed by atoms with Gasteiger partial charge in [0.15, 0.2) is 0 Å². The van der Waals surface area contributed by atoms with Crippen molar-refractivity contribution in [1.29, 1.82) is 0 Å². The molecule has 0 aromatic heterocycles. The Labute approximate surface area is 78.8 Å². The highest BCUT2D eigenvalue weighted by atomic mass is 19.1. The summed E-state index contributed by atoms with van der Waals surface area (Å²) in [4.78, 5) is 0. The number of hydrogen-bond acceptors (Lipinski definition) is 0. The van der Waals surface area contributed by atoms with Crippen LogP contribution in [0.25, 0.3) is 0 Å². The van der Waals surface area contributed by atoms with Crippen LogP contribution in [0.15, 0.2) is 24.3 Å². The zero-order valence-electron chi connectivity index (χ0n) is 7.97. The normalized spacial score (nSPS) is 9.54. The molecule has 0 unspecified atom stereocenters. The quantitative estimate of drug-likeness (QED) is 0.576. The maximum absolute atomic E-state index is 12.5. The van der Waals surface area contributed by atoms with E-state index in [0.29, 0.717) is 5.92 Å². The van der Waals surface area contributed by atoms with Crippen molar-refractivity contribution in [2.45, 2.75) is 20.3 Å². The summed E-state index contributed by atoms with van der Waals surface area (Å²) in [7, 11) is 0. The summed E-state index contributed by atoms with van der Waals surface area (Å²) in [5, 5.41) is 0. The second-order valence-electron chi connectivity index (χ2n) is 3.41. The van der Waals surface area contributed by atoms with Gasteiger partial charge in [0.1, 0.15) is 5.82 Å². The Balaban J connectivity index is 2.62. The highest BCUT2D eigenvalue weighted by Gasteiger charge is 1.89. The van der Waals surface area contributed by atoms with Gasteiger partial charge in [-0.1, -0.05) is 25.7 Å². The summed E-state index contributed by atoms with van der Waals surface area (Å²) in [6.07, 6.45) is 0.886. The Bertz CT molecular complexity index is 311. The van der Waals surface area contributed by atoms with Crippen molar-refractivity contribution in [3.63, 3.8) is 0 Å². The molecule has 0 radical (unpaired) electrons. The maximum atomic E-state index is 12.5. The second kappa shape index (κ2) is 4.67. The van der Waals surface area contributed by atoms with Crippen LogP contribution in [-0.2, 0) is 0 Å². The van der Waals surface area contributed by atoms with Crippen molar-refractivity contribution in [2.75, 3.05) is 0 Å². The lowest BCUT2D eigenvalue weighted by Crippen LogP contribution is -1.82. The number of rotatable bonds is 1. The molecule has 0 N–H and O–H groups in total. The molecular weight excluding hydrogens is 163 g/mol. The third kappa shape index (κ3) is 3.75. The summed E-state index contributed by atoms with van der Waals surface area (Å²) in [6.45, 7) is 4.25. The van der Waals surface area contributed by atoms with Gasteiger partial charge in [0.05, 0.1) is 0 Å². The van der Waals surface area contributed by atoms with Gasteiger partial charge in [0.2, 0.25) is 0 Å². The highest BCUT2D eigenvalue weighted by molar-refractivity contribution is 5.33. The SMILES string of the molecule is CC(C)CC#Cc1ccc(F)cc1. The molecule has 68 valence electrons. The molecule has 0 aliphatic carbocycles. The monoisotopic (exact) mass is 176 g/mol. The summed E-state index contributed by atoms with van der Waals surface area (Å²) >= 11 is 0. The van der Waals surface area contributed by atoms with E-state index in [1.165, 1.54) is 12.1 Å². The van der Waals surface area contributed by atoms with Gasteiger partial charge in [-0.15, -0.1) is 0 Å². The standard InChI is InChI=1S/C12H13F/c1-10(2)4-3-5-11-6-8-12(13)9-7-11/h6-10H,4H2,1-2H3. The molecule has 1 aromatic rings. The molecule has 0 amide bonds. The molecule has 0 bridgehead atoms. The number of hydrogen-bond donors (Lipinski definition) is 0. The summed E-state index contributed by atoms with van der Waals surface area (Å²) in [6, 6.07) is 6.25. The first kappa shape index (κ1) is 9.80. The first-order valence-corrected chi connectivity index (χ1v) is 4.43. The van der Waals surface area contributed by atoms with Crippen molar-refractivity contribution < 1.29 is 4.39 Å². The molecule has 0 saturated heterocycles. The predicted octanol–water partition coefficient (Wildman–Crippen LogP) is 3.22. The Hall–Kier alpha value is -1.29. The van der Waals surface area contributed by atoms with E-state index in [0.717, 1.165) is 12.0 Å². The second-order valence-corrected chi connectivity index (χ2v) is 3.41. The van der Waals surface area contributed by atoms with Crippen molar-refractivity contribution in [2.24, 2.45) is 5.92 Å². The molecule has 1 aromatic carbocycles. The molecule has 0 fully saturated rings. The van der Waals surface area contributed by atoms with E-state index in [2.05, 4.69) is 25.7 Å². The summed E-state index contributed by atoms with van der Waals surface area (Å²) in [5.41, 5.74) is 0.877. The Morgan fingerprint density at radius 3 is 2.38 bits per heavy atom. The van der Waals surface area contributed by atoms with Crippen LogP contribution in [0.1, 0.15) is 25.8 Å². The summed E-state index contributed by atoms with van der Waals surface area (Å²) in [5.74, 6) is 6.41. The van der Waals surface area contributed by atoms with E-state index in [4.69, 9.17) is 0 Å². The molecule has 0 nitrogen and oxygen atoms in total. The van der Waals surface area contributed by atoms with Crippen LogP contribution in [0.4, 0.5) is 4.39 Å². The molecule has 0 aliphatic heterocycles. The van der Waals surface area contributed by atoms with Gasteiger partial charge in [-0.25, -0.2) is 4.39 Å². The lowest BCUT2D eigenvalue weighted by Gasteiger charge is -1.93. The minimum Gasteiger partial charge on any atom is -0.207 e. The Kier molecular flexibility index (Phi) is 3.52. The van der Waals surface area contributed by atoms with Gasteiger partial charge in [0.25, 0.3) is 0 Å². The van der Waals surface area contributed by atoms with Gasteiger partial charge in [-0.2, -0.15) is 0 Å². The van der Waals surface area contributed by atoms with Crippen LogP contribution < -0.4 is 0 Å². The predicted molar refractivity (Wildman–Crippen MR) is 52.7 cm³/mol. The van der Waals surface area contributed by atoms with Gasteiger partial charge in [-0.05, 0) is 30.2 Å². The van der Waals surface area contributed by atoms with E-state index in [1.807, 2.05) is 0 Å². The van der Waals surface area contributed by atoms with Crippen LogP contribution in [0, 0.1) is 23.6 Å². The fraction of sp³-hybridized carbons (Fsp3) is 0.333. The molecular formula is C12H13F. The average molecular weight is 176 g/mol. The molecule has 0 spiro atoms. The van der Waals surface area contributed by atoms with Crippen LogP contribution in [0.3, 0.4) is 0 Å². The van der Waals surface area contributed by atoms with Crippen LogP contribution in [0.2, 0.25) is 0 Å². The third-order valence-corrected chi connectivity index (χ3v) is 1.59. The van der Waals surface area contributed by atoms with E-state index in [9.17, 15) is 4.39 Å². The fourth-order valence-electron chi connectivity index (χ4n) is 0.890. The van der Waals surface area contributed by atoms with E-state index in [1.54, 1.807) is 12.1 Å². The largest absolute Gasteiger partial charge is 0.207 e. The van der Waals surface area contributed by atoms with Crippen molar-refractivity contribution in [1.82, 2.24) is 0 Å². The lowest BCUT2D eigenvalue weighted by molar-refractivity contribution is 0.627. The first-order chi connectivity index (χ1) is 6.18. The van der Waals surface area contributed by atoms with E-state index < -0.39 is 0 Å². The molecule has 0 atom stereocenters. The van der Waals surface area contributed by atoms with Crippen LogP contribution in [0.5, 0.6) is 0 Å². The van der Waals surface area contributed by atoms with Gasteiger partial charge in [-0.3, -0.25) is 0 Å². The molecule has 0 aliphatic rings. The average Bonchev–Trinajstić information content (AvgIpc) is 2.08.